The van der Waals surface area contributed by atoms with Crippen molar-refractivity contribution in [2.24, 2.45) is 0 Å². The van der Waals surface area contributed by atoms with Gasteiger partial charge in [-0.25, -0.2) is 0 Å². The first-order valence-electron chi connectivity index (χ1n) is 8.23. The first-order valence-corrected chi connectivity index (χ1v) is 8.61. The normalized spacial score (nSPS) is 12.1. The van der Waals surface area contributed by atoms with E-state index in [2.05, 4.69) is 24.3 Å². The van der Waals surface area contributed by atoms with Crippen LogP contribution in [0.5, 0.6) is 0 Å². The Morgan fingerprint density at radius 1 is 1.28 bits per heavy atom. The van der Waals surface area contributed by atoms with E-state index in [-0.39, 0.29) is 11.7 Å². The summed E-state index contributed by atoms with van der Waals surface area (Å²) >= 11 is 5.83. The number of hydrogen-bond donors (Lipinski definition) is 1. The van der Waals surface area contributed by atoms with Gasteiger partial charge in [-0.3, -0.25) is 9.48 Å². The molecule has 0 fully saturated rings. The van der Waals surface area contributed by atoms with E-state index in [1.807, 2.05) is 24.3 Å². The summed E-state index contributed by atoms with van der Waals surface area (Å²) in [5.74, 6) is 1.13. The van der Waals surface area contributed by atoms with E-state index >= 15 is 0 Å². The Balaban J connectivity index is 1.63. The summed E-state index contributed by atoms with van der Waals surface area (Å²) in [6.45, 7) is 4.76. The van der Waals surface area contributed by atoms with Crippen LogP contribution in [0.15, 0.2) is 53.2 Å². The average molecular weight is 358 g/mol. The van der Waals surface area contributed by atoms with Crippen LogP contribution in [-0.2, 0) is 6.54 Å². The molecule has 0 radical (unpaired) electrons. The van der Waals surface area contributed by atoms with Crippen molar-refractivity contribution < 1.29 is 9.21 Å². The van der Waals surface area contributed by atoms with E-state index in [0.717, 1.165) is 12.1 Å². The molecule has 2 aromatic heterocycles. The molecule has 0 bridgehead atoms. The lowest BCUT2D eigenvalue weighted by Crippen LogP contribution is -2.11. The van der Waals surface area contributed by atoms with E-state index < -0.39 is 0 Å². The lowest BCUT2D eigenvalue weighted by atomic mass is 9.99. The molecule has 0 aliphatic heterocycles. The molecule has 3 rings (SSSR count). The standard InChI is InChI=1S/C19H20ClN3O2/c1-3-13(2)14-4-6-16(7-5-14)22-19(24)18-9-8-17(25-18)12-23-11-15(20)10-21-23/h4-11,13H,3,12H2,1-2H3,(H,22,24)/t13-/m0/s1. The summed E-state index contributed by atoms with van der Waals surface area (Å²) in [7, 11) is 0. The van der Waals surface area contributed by atoms with Gasteiger partial charge in [0, 0.05) is 11.9 Å². The third kappa shape index (κ3) is 4.31. The predicted molar refractivity (Wildman–Crippen MR) is 98.1 cm³/mol. The molecule has 0 spiro atoms. The monoisotopic (exact) mass is 357 g/mol. The number of benzene rings is 1. The summed E-state index contributed by atoms with van der Waals surface area (Å²) in [5, 5.41) is 7.49. The summed E-state index contributed by atoms with van der Waals surface area (Å²) in [4.78, 5) is 12.3. The highest BCUT2D eigenvalue weighted by Gasteiger charge is 2.12. The fourth-order valence-electron chi connectivity index (χ4n) is 2.49. The smallest absolute Gasteiger partial charge is 0.291 e. The molecule has 1 amide bonds. The van der Waals surface area contributed by atoms with Gasteiger partial charge in [-0.2, -0.15) is 5.10 Å². The quantitative estimate of drug-likeness (QED) is 0.679. The zero-order chi connectivity index (χ0) is 17.8. The minimum absolute atomic E-state index is 0.263. The van der Waals surface area contributed by atoms with Crippen molar-refractivity contribution in [2.75, 3.05) is 5.32 Å². The summed E-state index contributed by atoms with van der Waals surface area (Å²) in [6.07, 6.45) is 4.34. The zero-order valence-corrected chi connectivity index (χ0v) is 15.0. The van der Waals surface area contributed by atoms with Gasteiger partial charge in [-0.15, -0.1) is 0 Å². The second-order valence-electron chi connectivity index (χ2n) is 6.01. The largest absolute Gasteiger partial charge is 0.454 e. The predicted octanol–water partition coefficient (Wildman–Crippen LogP) is 4.94. The van der Waals surface area contributed by atoms with Gasteiger partial charge in [0.1, 0.15) is 5.76 Å². The van der Waals surface area contributed by atoms with Gasteiger partial charge in [0.2, 0.25) is 0 Å². The van der Waals surface area contributed by atoms with E-state index in [9.17, 15) is 4.79 Å². The topological polar surface area (TPSA) is 60.1 Å². The number of carbonyl (C=O) groups excluding carboxylic acids is 1. The van der Waals surface area contributed by atoms with Crippen LogP contribution in [-0.4, -0.2) is 15.7 Å². The molecule has 0 saturated carbocycles. The van der Waals surface area contributed by atoms with E-state index in [1.165, 1.54) is 5.56 Å². The number of anilines is 1. The number of hydrogen-bond acceptors (Lipinski definition) is 3. The maximum absolute atomic E-state index is 12.3. The van der Waals surface area contributed by atoms with E-state index in [4.69, 9.17) is 16.0 Å². The first kappa shape index (κ1) is 17.3. The number of rotatable bonds is 6. The fraction of sp³-hybridized carbons (Fsp3) is 0.263. The summed E-state index contributed by atoms with van der Waals surface area (Å²) in [5.41, 5.74) is 2.01. The van der Waals surface area contributed by atoms with Crippen molar-refractivity contribution in [3.8, 4) is 0 Å². The van der Waals surface area contributed by atoms with Crippen LogP contribution in [0.4, 0.5) is 5.69 Å². The van der Waals surface area contributed by atoms with Crippen LogP contribution < -0.4 is 5.32 Å². The number of amides is 1. The average Bonchev–Trinajstić information content (AvgIpc) is 3.24. The van der Waals surface area contributed by atoms with Crippen molar-refractivity contribution in [2.45, 2.75) is 32.7 Å². The maximum atomic E-state index is 12.3. The van der Waals surface area contributed by atoms with E-state index in [1.54, 1.807) is 29.2 Å². The Morgan fingerprint density at radius 3 is 2.68 bits per heavy atom. The third-order valence-corrected chi connectivity index (χ3v) is 4.35. The van der Waals surface area contributed by atoms with Crippen LogP contribution in [0.3, 0.4) is 0 Å². The van der Waals surface area contributed by atoms with Gasteiger partial charge in [0.15, 0.2) is 5.76 Å². The van der Waals surface area contributed by atoms with Crippen molar-refractivity contribution in [3.05, 3.63) is 70.9 Å². The van der Waals surface area contributed by atoms with Gasteiger partial charge in [-0.1, -0.05) is 37.6 Å². The Labute approximate surface area is 151 Å². The molecule has 130 valence electrons. The first-order chi connectivity index (χ1) is 12.0. The molecule has 5 nitrogen and oxygen atoms in total. The lowest BCUT2D eigenvalue weighted by Gasteiger charge is -2.10. The van der Waals surface area contributed by atoms with Crippen molar-refractivity contribution >= 4 is 23.2 Å². The number of furan rings is 1. The zero-order valence-electron chi connectivity index (χ0n) is 14.2. The fourth-order valence-corrected chi connectivity index (χ4v) is 2.65. The highest BCUT2D eigenvalue weighted by molar-refractivity contribution is 6.30. The second-order valence-corrected chi connectivity index (χ2v) is 6.44. The van der Waals surface area contributed by atoms with Gasteiger partial charge < -0.3 is 9.73 Å². The van der Waals surface area contributed by atoms with Gasteiger partial charge in [0.05, 0.1) is 17.8 Å². The van der Waals surface area contributed by atoms with Crippen LogP contribution in [0.1, 0.15) is 48.1 Å². The Hall–Kier alpha value is -2.53. The molecule has 6 heteroatoms. The van der Waals surface area contributed by atoms with Gasteiger partial charge >= 0.3 is 0 Å². The minimum atomic E-state index is -0.277. The lowest BCUT2D eigenvalue weighted by molar-refractivity contribution is 0.0994. The molecular formula is C19H20ClN3O2. The van der Waals surface area contributed by atoms with Crippen molar-refractivity contribution in [1.82, 2.24) is 9.78 Å². The Morgan fingerprint density at radius 2 is 2.04 bits per heavy atom. The third-order valence-electron chi connectivity index (χ3n) is 4.15. The Kier molecular flexibility index (Phi) is 5.24. The molecule has 1 atom stereocenters. The molecule has 0 unspecified atom stereocenters. The number of carbonyl (C=O) groups is 1. The van der Waals surface area contributed by atoms with E-state index in [0.29, 0.717) is 23.2 Å². The van der Waals surface area contributed by atoms with Gasteiger partial charge in [0.25, 0.3) is 5.91 Å². The molecular weight excluding hydrogens is 338 g/mol. The molecule has 0 aliphatic rings. The second kappa shape index (κ2) is 7.57. The summed E-state index contributed by atoms with van der Waals surface area (Å²) < 4.78 is 7.24. The van der Waals surface area contributed by atoms with Crippen LogP contribution in [0, 0.1) is 0 Å². The molecule has 25 heavy (non-hydrogen) atoms. The highest BCUT2D eigenvalue weighted by Crippen LogP contribution is 2.21. The molecule has 1 aromatic carbocycles. The van der Waals surface area contributed by atoms with Crippen LogP contribution in [0.2, 0.25) is 5.02 Å². The van der Waals surface area contributed by atoms with Crippen molar-refractivity contribution in [3.63, 3.8) is 0 Å². The molecule has 3 aromatic rings. The molecule has 0 saturated heterocycles. The minimum Gasteiger partial charge on any atom is -0.454 e. The van der Waals surface area contributed by atoms with Crippen LogP contribution in [0.25, 0.3) is 0 Å². The number of nitrogens with zero attached hydrogens (tertiary/aromatic N) is 2. The number of halogens is 1. The molecule has 2 heterocycles. The maximum Gasteiger partial charge on any atom is 0.291 e. The number of nitrogens with one attached hydrogen (secondary N) is 1. The molecule has 0 aliphatic carbocycles. The van der Waals surface area contributed by atoms with Gasteiger partial charge in [-0.05, 0) is 42.2 Å². The Bertz CT molecular complexity index is 852. The summed E-state index contributed by atoms with van der Waals surface area (Å²) in [6, 6.07) is 11.3. The van der Waals surface area contributed by atoms with Crippen LogP contribution >= 0.6 is 11.6 Å². The number of aromatic nitrogens is 2. The van der Waals surface area contributed by atoms with Crippen molar-refractivity contribution in [1.29, 1.82) is 0 Å². The SMILES string of the molecule is CC[C@H](C)c1ccc(NC(=O)c2ccc(Cn3cc(Cl)cn3)o2)cc1. The molecule has 1 N–H and O–H groups in total. The highest BCUT2D eigenvalue weighted by atomic mass is 35.5.